The zero-order valence-electron chi connectivity index (χ0n) is 7.60. The second-order valence-corrected chi connectivity index (χ2v) is 3.18. The van der Waals surface area contributed by atoms with Gasteiger partial charge in [0, 0.05) is 5.56 Å². The molecule has 14 heavy (non-hydrogen) atoms. The molecular weight excluding hydrogens is 221 g/mol. The lowest BCUT2D eigenvalue weighted by atomic mass is 10.2. The average Bonchev–Trinajstić information content (AvgIpc) is 2.17. The number of methoxy groups -OCH3 is 1. The lowest BCUT2D eigenvalue weighted by Crippen LogP contribution is -1.93. The quantitative estimate of drug-likeness (QED) is 0.457. The SMILES string of the molecule is COc1cc(C#CCCl)c(Cl)cc1N. The van der Waals surface area contributed by atoms with Gasteiger partial charge in [0.2, 0.25) is 0 Å². The normalized spacial score (nSPS) is 9.07. The molecule has 0 saturated heterocycles. The van der Waals surface area contributed by atoms with E-state index >= 15 is 0 Å². The molecule has 0 aromatic heterocycles. The molecule has 1 rings (SSSR count). The van der Waals surface area contributed by atoms with Crippen molar-refractivity contribution in [2.45, 2.75) is 0 Å². The first-order chi connectivity index (χ1) is 6.69. The predicted molar refractivity (Wildman–Crippen MR) is 60.0 cm³/mol. The van der Waals surface area contributed by atoms with Gasteiger partial charge in [-0.05, 0) is 12.1 Å². The van der Waals surface area contributed by atoms with Gasteiger partial charge in [0.1, 0.15) is 5.75 Å². The van der Waals surface area contributed by atoms with Crippen LogP contribution in [0.4, 0.5) is 5.69 Å². The van der Waals surface area contributed by atoms with E-state index in [9.17, 15) is 0 Å². The van der Waals surface area contributed by atoms with Gasteiger partial charge in [-0.15, -0.1) is 11.6 Å². The van der Waals surface area contributed by atoms with Crippen molar-refractivity contribution in [1.29, 1.82) is 0 Å². The third-order valence-corrected chi connectivity index (χ3v) is 2.06. The van der Waals surface area contributed by atoms with E-state index in [1.165, 1.54) is 0 Å². The van der Waals surface area contributed by atoms with Gasteiger partial charge in [-0.25, -0.2) is 0 Å². The molecule has 0 unspecified atom stereocenters. The number of ether oxygens (including phenoxy) is 1. The molecule has 0 spiro atoms. The average molecular weight is 230 g/mol. The standard InChI is InChI=1S/C10H9Cl2NO/c1-14-10-5-7(3-2-4-11)8(12)6-9(10)13/h5-6H,4,13H2,1H3. The minimum atomic E-state index is 0.267. The Morgan fingerprint density at radius 2 is 2.21 bits per heavy atom. The summed E-state index contributed by atoms with van der Waals surface area (Å²) in [5, 5.41) is 0.501. The van der Waals surface area contributed by atoms with Gasteiger partial charge < -0.3 is 10.5 Å². The van der Waals surface area contributed by atoms with E-state index < -0.39 is 0 Å². The Balaban J connectivity index is 3.17. The maximum atomic E-state index is 5.91. The molecule has 4 heteroatoms. The first kappa shape index (κ1) is 11.0. The van der Waals surface area contributed by atoms with E-state index in [1.807, 2.05) is 0 Å². The van der Waals surface area contributed by atoms with Crippen molar-refractivity contribution < 1.29 is 4.74 Å². The van der Waals surface area contributed by atoms with Crippen molar-refractivity contribution in [3.05, 3.63) is 22.7 Å². The van der Waals surface area contributed by atoms with Crippen molar-refractivity contribution in [2.24, 2.45) is 0 Å². The van der Waals surface area contributed by atoms with Crippen molar-refractivity contribution in [2.75, 3.05) is 18.7 Å². The number of halogens is 2. The van der Waals surface area contributed by atoms with Crippen LogP contribution in [0.5, 0.6) is 5.75 Å². The van der Waals surface area contributed by atoms with Crippen LogP contribution in [0.1, 0.15) is 5.56 Å². The number of anilines is 1. The summed E-state index contributed by atoms with van der Waals surface area (Å²) in [6.45, 7) is 0. The monoisotopic (exact) mass is 229 g/mol. The maximum absolute atomic E-state index is 5.91. The van der Waals surface area contributed by atoms with Gasteiger partial charge in [-0.2, -0.15) is 0 Å². The molecule has 0 heterocycles. The fourth-order valence-electron chi connectivity index (χ4n) is 0.970. The van der Waals surface area contributed by atoms with Crippen LogP contribution in [0, 0.1) is 11.8 Å². The molecule has 0 saturated carbocycles. The van der Waals surface area contributed by atoms with Crippen molar-refractivity contribution in [3.8, 4) is 17.6 Å². The third-order valence-electron chi connectivity index (χ3n) is 1.61. The number of hydrogen-bond donors (Lipinski definition) is 1. The molecule has 0 aliphatic carbocycles. The van der Waals surface area contributed by atoms with Crippen LogP contribution >= 0.6 is 23.2 Å². The number of nitrogen functional groups attached to an aromatic ring is 1. The van der Waals surface area contributed by atoms with E-state index in [2.05, 4.69) is 11.8 Å². The Labute approximate surface area is 93.0 Å². The lowest BCUT2D eigenvalue weighted by Gasteiger charge is -2.05. The zero-order valence-corrected chi connectivity index (χ0v) is 9.12. The van der Waals surface area contributed by atoms with Crippen LogP contribution in [-0.4, -0.2) is 13.0 Å². The summed E-state index contributed by atoms with van der Waals surface area (Å²) >= 11 is 11.3. The minimum Gasteiger partial charge on any atom is -0.495 e. The molecule has 0 fully saturated rings. The number of hydrogen-bond acceptors (Lipinski definition) is 2. The first-order valence-corrected chi connectivity index (χ1v) is 4.78. The molecule has 74 valence electrons. The van der Waals surface area contributed by atoms with E-state index in [1.54, 1.807) is 19.2 Å². The molecular formula is C10H9Cl2NO. The summed E-state index contributed by atoms with van der Waals surface area (Å²) in [6.07, 6.45) is 0. The van der Waals surface area contributed by atoms with Crippen molar-refractivity contribution in [1.82, 2.24) is 0 Å². The number of nitrogens with two attached hydrogens (primary N) is 1. The largest absolute Gasteiger partial charge is 0.495 e. The van der Waals surface area contributed by atoms with Crippen molar-refractivity contribution >= 4 is 28.9 Å². The number of alkyl halides is 1. The molecule has 2 N–H and O–H groups in total. The fraction of sp³-hybridized carbons (Fsp3) is 0.200. The topological polar surface area (TPSA) is 35.2 Å². The second kappa shape index (κ2) is 4.99. The lowest BCUT2D eigenvalue weighted by molar-refractivity contribution is 0.417. The highest BCUT2D eigenvalue weighted by Gasteiger charge is 2.04. The molecule has 2 nitrogen and oxygen atoms in total. The summed E-state index contributed by atoms with van der Waals surface area (Å²) in [7, 11) is 1.54. The Morgan fingerprint density at radius 1 is 1.50 bits per heavy atom. The second-order valence-electron chi connectivity index (χ2n) is 2.51. The van der Waals surface area contributed by atoms with Gasteiger partial charge in [0.25, 0.3) is 0 Å². The Bertz CT molecular complexity index is 393. The molecule has 0 bridgehead atoms. The van der Waals surface area contributed by atoms with E-state index in [4.69, 9.17) is 33.7 Å². The number of rotatable bonds is 1. The fourth-order valence-corrected chi connectivity index (χ4v) is 1.26. The summed E-state index contributed by atoms with van der Waals surface area (Å²) < 4.78 is 5.04. The molecule has 0 amide bonds. The highest BCUT2D eigenvalue weighted by atomic mass is 35.5. The van der Waals surface area contributed by atoms with E-state index in [0.717, 1.165) is 0 Å². The van der Waals surface area contributed by atoms with Gasteiger partial charge >= 0.3 is 0 Å². The van der Waals surface area contributed by atoms with Crippen LogP contribution < -0.4 is 10.5 Å². The minimum absolute atomic E-state index is 0.267. The Hall–Kier alpha value is -1.04. The molecule has 0 radical (unpaired) electrons. The van der Waals surface area contributed by atoms with E-state index in [-0.39, 0.29) is 5.88 Å². The molecule has 0 aliphatic heterocycles. The van der Waals surface area contributed by atoms with Gasteiger partial charge in [0.15, 0.2) is 0 Å². The first-order valence-electron chi connectivity index (χ1n) is 3.87. The van der Waals surface area contributed by atoms with Gasteiger partial charge in [-0.3, -0.25) is 0 Å². The van der Waals surface area contributed by atoms with Gasteiger partial charge in [0.05, 0.1) is 23.7 Å². The van der Waals surface area contributed by atoms with Gasteiger partial charge in [-0.1, -0.05) is 23.4 Å². The number of benzene rings is 1. The zero-order chi connectivity index (χ0) is 10.6. The van der Waals surface area contributed by atoms with Crippen molar-refractivity contribution in [3.63, 3.8) is 0 Å². The molecule has 0 aliphatic rings. The molecule has 1 aromatic rings. The predicted octanol–water partition coefficient (Wildman–Crippen LogP) is 2.52. The summed E-state index contributed by atoms with van der Waals surface area (Å²) in [4.78, 5) is 0. The highest BCUT2D eigenvalue weighted by Crippen LogP contribution is 2.28. The van der Waals surface area contributed by atoms with Crippen LogP contribution in [0.2, 0.25) is 5.02 Å². The molecule has 0 atom stereocenters. The Kier molecular flexibility index (Phi) is 3.94. The summed E-state index contributed by atoms with van der Waals surface area (Å²) in [6, 6.07) is 3.30. The summed E-state index contributed by atoms with van der Waals surface area (Å²) in [5.41, 5.74) is 6.81. The smallest absolute Gasteiger partial charge is 0.143 e. The molecule has 1 aromatic carbocycles. The van der Waals surface area contributed by atoms with E-state index in [0.29, 0.717) is 22.0 Å². The maximum Gasteiger partial charge on any atom is 0.143 e. The van der Waals surface area contributed by atoms with Crippen LogP contribution in [0.25, 0.3) is 0 Å². The third kappa shape index (κ3) is 2.47. The van der Waals surface area contributed by atoms with Crippen LogP contribution in [0.3, 0.4) is 0 Å². The van der Waals surface area contributed by atoms with Crippen LogP contribution in [0.15, 0.2) is 12.1 Å². The Morgan fingerprint density at radius 3 is 2.79 bits per heavy atom. The van der Waals surface area contributed by atoms with Crippen LogP contribution in [-0.2, 0) is 0 Å². The summed E-state index contributed by atoms with van der Waals surface area (Å²) in [5.74, 6) is 6.36. The highest BCUT2D eigenvalue weighted by molar-refractivity contribution is 6.32.